The second kappa shape index (κ2) is 5.70. The van der Waals surface area contributed by atoms with Crippen molar-refractivity contribution in [1.82, 2.24) is 15.1 Å². The number of hydrogen-bond acceptors (Lipinski definition) is 7. The van der Waals surface area contributed by atoms with E-state index in [1.54, 1.807) is 11.8 Å². The minimum Gasteiger partial charge on any atom is -0.506 e. The van der Waals surface area contributed by atoms with Gasteiger partial charge in [-0.05, 0) is 11.8 Å². The third kappa shape index (κ3) is 3.02. The summed E-state index contributed by atoms with van der Waals surface area (Å²) in [7, 11) is 0. The van der Waals surface area contributed by atoms with Gasteiger partial charge in [-0.3, -0.25) is 0 Å². The molecule has 0 fully saturated rings. The monoisotopic (exact) mass is 281 g/mol. The zero-order valence-corrected chi connectivity index (χ0v) is 10.8. The molecule has 19 heavy (non-hydrogen) atoms. The van der Waals surface area contributed by atoms with E-state index in [-0.39, 0.29) is 22.8 Å². The molecule has 0 aliphatic rings. The number of carboxylic acids is 1. The van der Waals surface area contributed by atoms with Gasteiger partial charge in [0.25, 0.3) is 0 Å². The number of nitrogens with zero attached hydrogens (tertiary/aromatic N) is 3. The number of carbonyl (C=O) groups is 1. The van der Waals surface area contributed by atoms with Gasteiger partial charge in [-0.15, -0.1) is 0 Å². The molecule has 0 amide bonds. The van der Waals surface area contributed by atoms with Crippen molar-refractivity contribution in [2.75, 3.05) is 5.75 Å². The molecule has 0 unspecified atom stereocenters. The maximum Gasteiger partial charge on any atom is 0.337 e. The summed E-state index contributed by atoms with van der Waals surface area (Å²) in [6.07, 6.45) is 1.13. The first-order valence-electron chi connectivity index (χ1n) is 5.44. The van der Waals surface area contributed by atoms with Crippen LogP contribution in [0.25, 0.3) is 11.5 Å². The molecule has 0 spiro atoms. The lowest BCUT2D eigenvalue weighted by Gasteiger charge is -1.99. The normalized spacial score (nSPS) is 10.6. The van der Waals surface area contributed by atoms with Crippen LogP contribution in [0.1, 0.15) is 23.2 Å². The van der Waals surface area contributed by atoms with Crippen molar-refractivity contribution in [2.45, 2.75) is 12.7 Å². The summed E-state index contributed by atoms with van der Waals surface area (Å²) >= 11 is 1.62. The quantitative estimate of drug-likeness (QED) is 0.853. The van der Waals surface area contributed by atoms with Crippen LogP contribution in [0.2, 0.25) is 0 Å². The lowest BCUT2D eigenvalue weighted by molar-refractivity contribution is 0.0696. The molecule has 0 saturated heterocycles. The standard InChI is InChI=1S/C11H11N3O4S/c1-2-19-5-8-13-10(14-18-8)9-7(15)3-6(4-12-9)11(16)17/h3-4,15H,2,5H2,1H3,(H,16,17). The Morgan fingerprint density at radius 1 is 1.53 bits per heavy atom. The van der Waals surface area contributed by atoms with Crippen molar-refractivity contribution in [3.8, 4) is 17.3 Å². The minimum atomic E-state index is -1.16. The maximum atomic E-state index is 10.7. The molecule has 0 aliphatic heterocycles. The van der Waals surface area contributed by atoms with Crippen LogP contribution in [0.15, 0.2) is 16.8 Å². The van der Waals surface area contributed by atoms with E-state index in [1.165, 1.54) is 0 Å². The molecule has 0 aromatic carbocycles. The number of thioether (sulfide) groups is 1. The van der Waals surface area contributed by atoms with E-state index in [2.05, 4.69) is 15.1 Å². The third-order valence-electron chi connectivity index (χ3n) is 2.22. The van der Waals surface area contributed by atoms with E-state index >= 15 is 0 Å². The molecule has 0 aliphatic carbocycles. The smallest absolute Gasteiger partial charge is 0.337 e. The number of aromatic carboxylic acids is 1. The number of aromatic hydroxyl groups is 1. The van der Waals surface area contributed by atoms with Gasteiger partial charge in [0.2, 0.25) is 11.7 Å². The van der Waals surface area contributed by atoms with Crippen molar-refractivity contribution in [1.29, 1.82) is 0 Å². The van der Waals surface area contributed by atoms with Crippen LogP contribution in [0.5, 0.6) is 5.75 Å². The molecule has 0 radical (unpaired) electrons. The molecule has 0 atom stereocenters. The van der Waals surface area contributed by atoms with Gasteiger partial charge in [-0.25, -0.2) is 9.78 Å². The first kappa shape index (κ1) is 13.3. The SMILES string of the molecule is CCSCc1nc(-c2ncc(C(=O)O)cc2O)no1. The van der Waals surface area contributed by atoms with Crippen LogP contribution in [-0.2, 0) is 5.75 Å². The average molecular weight is 281 g/mol. The van der Waals surface area contributed by atoms with Crippen molar-refractivity contribution >= 4 is 17.7 Å². The summed E-state index contributed by atoms with van der Waals surface area (Å²) in [4.78, 5) is 18.6. The Labute approximate surface area is 112 Å². The lowest BCUT2D eigenvalue weighted by Crippen LogP contribution is -1.98. The Balaban J connectivity index is 2.26. The van der Waals surface area contributed by atoms with Gasteiger partial charge in [0, 0.05) is 6.20 Å². The maximum absolute atomic E-state index is 10.7. The molecule has 2 rings (SSSR count). The Kier molecular flexibility index (Phi) is 4.00. The van der Waals surface area contributed by atoms with Gasteiger partial charge in [-0.2, -0.15) is 16.7 Å². The summed E-state index contributed by atoms with van der Waals surface area (Å²) in [6.45, 7) is 2.01. The highest BCUT2D eigenvalue weighted by Crippen LogP contribution is 2.25. The number of aromatic nitrogens is 3. The van der Waals surface area contributed by atoms with Gasteiger partial charge in [0.05, 0.1) is 11.3 Å². The summed E-state index contributed by atoms with van der Waals surface area (Å²) in [5.41, 5.74) is -0.00648. The molecule has 7 nitrogen and oxygen atoms in total. The van der Waals surface area contributed by atoms with Crippen LogP contribution in [0, 0.1) is 0 Å². The summed E-state index contributed by atoms with van der Waals surface area (Å²) in [5, 5.41) is 22.2. The van der Waals surface area contributed by atoms with Gasteiger partial charge in [0.1, 0.15) is 5.75 Å². The third-order valence-corrected chi connectivity index (χ3v) is 3.08. The molecule has 0 bridgehead atoms. The van der Waals surface area contributed by atoms with Crippen LogP contribution in [-0.4, -0.2) is 37.1 Å². The van der Waals surface area contributed by atoms with E-state index in [0.717, 1.165) is 18.0 Å². The zero-order chi connectivity index (χ0) is 13.8. The fourth-order valence-electron chi connectivity index (χ4n) is 1.34. The minimum absolute atomic E-state index is 0.0986. The van der Waals surface area contributed by atoms with Crippen molar-refractivity contribution in [3.63, 3.8) is 0 Å². The number of hydrogen-bond donors (Lipinski definition) is 2. The number of rotatable bonds is 5. The second-order valence-electron chi connectivity index (χ2n) is 3.55. The lowest BCUT2D eigenvalue weighted by atomic mass is 10.2. The molecule has 100 valence electrons. The first-order chi connectivity index (χ1) is 9.11. The molecule has 8 heteroatoms. The molecular weight excluding hydrogens is 270 g/mol. The topological polar surface area (TPSA) is 109 Å². The van der Waals surface area contributed by atoms with E-state index in [1.807, 2.05) is 6.92 Å². The van der Waals surface area contributed by atoms with E-state index in [0.29, 0.717) is 11.6 Å². The predicted octanol–water partition coefficient (Wildman–Crippen LogP) is 1.79. The Bertz CT molecular complexity index is 599. The van der Waals surface area contributed by atoms with Crippen molar-refractivity contribution < 1.29 is 19.5 Å². The molecule has 2 N–H and O–H groups in total. The Hall–Kier alpha value is -2.09. The molecule has 2 aromatic heterocycles. The molecular formula is C11H11N3O4S. The molecule has 2 heterocycles. The van der Waals surface area contributed by atoms with Gasteiger partial charge in [0.15, 0.2) is 5.69 Å². The molecule has 2 aromatic rings. The van der Waals surface area contributed by atoms with Crippen LogP contribution < -0.4 is 0 Å². The zero-order valence-electron chi connectivity index (χ0n) is 10.0. The highest BCUT2D eigenvalue weighted by Gasteiger charge is 2.16. The predicted molar refractivity (Wildman–Crippen MR) is 68.0 cm³/mol. The van der Waals surface area contributed by atoms with Crippen LogP contribution in [0.4, 0.5) is 0 Å². The fraction of sp³-hybridized carbons (Fsp3) is 0.273. The number of carboxylic acid groups (broad SMARTS) is 1. The van der Waals surface area contributed by atoms with Crippen molar-refractivity contribution in [3.05, 3.63) is 23.7 Å². The number of pyridine rings is 1. The van der Waals surface area contributed by atoms with E-state index in [4.69, 9.17) is 9.63 Å². The Morgan fingerprint density at radius 2 is 2.32 bits per heavy atom. The second-order valence-corrected chi connectivity index (χ2v) is 4.82. The van der Waals surface area contributed by atoms with Crippen LogP contribution >= 0.6 is 11.8 Å². The summed E-state index contributed by atoms with van der Waals surface area (Å²) in [6, 6.07) is 1.10. The van der Waals surface area contributed by atoms with Crippen LogP contribution in [0.3, 0.4) is 0 Å². The highest BCUT2D eigenvalue weighted by atomic mass is 32.2. The van der Waals surface area contributed by atoms with Gasteiger partial charge < -0.3 is 14.7 Å². The van der Waals surface area contributed by atoms with E-state index < -0.39 is 5.97 Å². The van der Waals surface area contributed by atoms with Crippen molar-refractivity contribution in [2.24, 2.45) is 0 Å². The highest BCUT2D eigenvalue weighted by molar-refractivity contribution is 7.98. The first-order valence-corrected chi connectivity index (χ1v) is 6.60. The summed E-state index contributed by atoms with van der Waals surface area (Å²) < 4.78 is 5.00. The van der Waals surface area contributed by atoms with E-state index in [9.17, 15) is 9.90 Å². The Morgan fingerprint density at radius 3 is 2.95 bits per heavy atom. The van der Waals surface area contributed by atoms with Gasteiger partial charge >= 0.3 is 5.97 Å². The average Bonchev–Trinajstić information content (AvgIpc) is 2.84. The summed E-state index contributed by atoms with van der Waals surface area (Å²) in [5.74, 6) is 0.621. The van der Waals surface area contributed by atoms with Gasteiger partial charge in [-0.1, -0.05) is 12.1 Å². The molecule has 0 saturated carbocycles. The largest absolute Gasteiger partial charge is 0.506 e. The fourth-order valence-corrected chi connectivity index (χ4v) is 1.84.